The molecule has 5 nitrogen and oxygen atoms in total. The van der Waals surface area contributed by atoms with Crippen LogP contribution in [0.15, 0.2) is 30.6 Å². The maximum atomic E-state index is 14.1. The van der Waals surface area contributed by atoms with Crippen LogP contribution in [0, 0.1) is 5.82 Å². The lowest BCUT2D eigenvalue weighted by Gasteiger charge is -2.16. The van der Waals surface area contributed by atoms with Crippen molar-refractivity contribution in [3.63, 3.8) is 0 Å². The molecule has 0 amide bonds. The number of hydrazine groups is 1. The molecule has 20 heavy (non-hydrogen) atoms. The van der Waals surface area contributed by atoms with Crippen molar-refractivity contribution < 1.29 is 9.13 Å². The second-order valence-electron chi connectivity index (χ2n) is 4.52. The second-order valence-corrected chi connectivity index (χ2v) is 4.52. The first-order chi connectivity index (χ1) is 9.67. The van der Waals surface area contributed by atoms with Crippen molar-refractivity contribution >= 4 is 0 Å². The van der Waals surface area contributed by atoms with Gasteiger partial charge in [0.2, 0.25) is 0 Å². The fourth-order valence-electron chi connectivity index (χ4n) is 2.10. The highest BCUT2D eigenvalue weighted by molar-refractivity contribution is 5.31. The number of hydrogen-bond acceptors (Lipinski definition) is 4. The highest BCUT2D eigenvalue weighted by Crippen LogP contribution is 2.24. The Balaban J connectivity index is 2.19. The molecule has 3 N–H and O–H groups in total. The van der Waals surface area contributed by atoms with Gasteiger partial charge in [0.05, 0.1) is 19.3 Å². The van der Waals surface area contributed by atoms with E-state index in [1.165, 1.54) is 13.2 Å². The molecule has 0 spiro atoms. The van der Waals surface area contributed by atoms with E-state index in [0.717, 1.165) is 12.1 Å². The summed E-state index contributed by atoms with van der Waals surface area (Å²) in [4.78, 5) is 0. The molecule has 1 aromatic carbocycles. The molecule has 1 atom stereocenters. The van der Waals surface area contributed by atoms with Crippen LogP contribution in [0.5, 0.6) is 5.75 Å². The molecule has 0 fully saturated rings. The summed E-state index contributed by atoms with van der Waals surface area (Å²) in [6.45, 7) is 2.82. The molecule has 2 aromatic rings. The molecule has 0 aliphatic heterocycles. The van der Waals surface area contributed by atoms with Gasteiger partial charge >= 0.3 is 0 Å². The first-order valence-corrected chi connectivity index (χ1v) is 6.48. The molecule has 0 saturated heterocycles. The van der Waals surface area contributed by atoms with Gasteiger partial charge in [0, 0.05) is 24.4 Å². The first kappa shape index (κ1) is 14.5. The SMILES string of the molecule is CCn1cc(CC(NN)c2ccc(OC)cc2F)cn1. The summed E-state index contributed by atoms with van der Waals surface area (Å²) in [6.07, 6.45) is 4.28. The number of nitrogens with zero attached hydrogens (tertiary/aromatic N) is 2. The summed E-state index contributed by atoms with van der Waals surface area (Å²) in [6, 6.07) is 4.45. The number of ether oxygens (including phenoxy) is 1. The van der Waals surface area contributed by atoms with Crippen LogP contribution in [-0.2, 0) is 13.0 Å². The number of benzene rings is 1. The highest BCUT2D eigenvalue weighted by atomic mass is 19.1. The van der Waals surface area contributed by atoms with Crippen molar-refractivity contribution in [3.05, 3.63) is 47.5 Å². The third-order valence-electron chi connectivity index (χ3n) is 3.23. The highest BCUT2D eigenvalue weighted by Gasteiger charge is 2.16. The quantitative estimate of drug-likeness (QED) is 0.624. The van der Waals surface area contributed by atoms with Gasteiger partial charge in [-0.2, -0.15) is 5.10 Å². The Morgan fingerprint density at radius 2 is 2.30 bits per heavy atom. The molecule has 0 saturated carbocycles. The largest absolute Gasteiger partial charge is 0.497 e. The van der Waals surface area contributed by atoms with E-state index in [4.69, 9.17) is 10.6 Å². The van der Waals surface area contributed by atoms with E-state index in [1.807, 2.05) is 17.8 Å². The monoisotopic (exact) mass is 278 g/mol. The molecular weight excluding hydrogens is 259 g/mol. The predicted octanol–water partition coefficient (Wildman–Crippen LogP) is 1.80. The zero-order chi connectivity index (χ0) is 14.5. The van der Waals surface area contributed by atoms with E-state index in [9.17, 15) is 4.39 Å². The van der Waals surface area contributed by atoms with Gasteiger partial charge < -0.3 is 4.74 Å². The van der Waals surface area contributed by atoms with Crippen molar-refractivity contribution in [2.24, 2.45) is 5.84 Å². The Morgan fingerprint density at radius 3 is 2.85 bits per heavy atom. The predicted molar refractivity (Wildman–Crippen MR) is 74.6 cm³/mol. The van der Waals surface area contributed by atoms with Crippen molar-refractivity contribution in [1.29, 1.82) is 0 Å². The Morgan fingerprint density at radius 1 is 1.50 bits per heavy atom. The molecule has 0 radical (unpaired) electrons. The first-order valence-electron chi connectivity index (χ1n) is 6.48. The van der Waals surface area contributed by atoms with Crippen molar-refractivity contribution in [3.8, 4) is 5.75 Å². The van der Waals surface area contributed by atoms with Gasteiger partial charge in [-0.25, -0.2) is 4.39 Å². The number of halogens is 1. The normalized spacial score (nSPS) is 12.4. The smallest absolute Gasteiger partial charge is 0.131 e. The van der Waals surface area contributed by atoms with E-state index in [0.29, 0.717) is 17.7 Å². The summed E-state index contributed by atoms with van der Waals surface area (Å²) in [5, 5.41) is 4.20. The van der Waals surface area contributed by atoms with Gasteiger partial charge in [0.1, 0.15) is 11.6 Å². The van der Waals surface area contributed by atoms with Gasteiger partial charge in [-0.1, -0.05) is 6.07 Å². The van der Waals surface area contributed by atoms with E-state index < -0.39 is 0 Å². The van der Waals surface area contributed by atoms with Crippen molar-refractivity contribution in [2.45, 2.75) is 25.9 Å². The van der Waals surface area contributed by atoms with Crippen molar-refractivity contribution in [1.82, 2.24) is 15.2 Å². The number of rotatable bonds is 6. The average Bonchev–Trinajstić information content (AvgIpc) is 2.92. The van der Waals surface area contributed by atoms with Gasteiger partial charge in [0.15, 0.2) is 0 Å². The zero-order valence-electron chi connectivity index (χ0n) is 11.6. The Labute approximate surface area is 117 Å². The lowest BCUT2D eigenvalue weighted by molar-refractivity contribution is 0.409. The zero-order valence-corrected chi connectivity index (χ0v) is 11.6. The third kappa shape index (κ3) is 3.15. The number of hydrogen-bond donors (Lipinski definition) is 2. The van der Waals surface area contributed by atoms with Crippen LogP contribution in [0.1, 0.15) is 24.1 Å². The van der Waals surface area contributed by atoms with E-state index in [1.54, 1.807) is 18.3 Å². The minimum Gasteiger partial charge on any atom is -0.497 e. The lowest BCUT2D eigenvalue weighted by Crippen LogP contribution is -2.30. The van der Waals surface area contributed by atoms with E-state index >= 15 is 0 Å². The van der Waals surface area contributed by atoms with Gasteiger partial charge in [-0.05, 0) is 25.0 Å². The maximum absolute atomic E-state index is 14.1. The van der Waals surface area contributed by atoms with Crippen LogP contribution >= 0.6 is 0 Å². The summed E-state index contributed by atoms with van der Waals surface area (Å²) >= 11 is 0. The van der Waals surface area contributed by atoms with Crippen LogP contribution in [0.25, 0.3) is 0 Å². The number of aryl methyl sites for hydroxylation is 1. The Bertz CT molecular complexity index is 570. The molecule has 0 aliphatic rings. The van der Waals surface area contributed by atoms with E-state index in [-0.39, 0.29) is 11.9 Å². The minimum absolute atomic E-state index is 0.310. The van der Waals surface area contributed by atoms with Crippen LogP contribution in [0.4, 0.5) is 4.39 Å². The standard InChI is InChI=1S/C14H19FN4O/c1-3-19-9-10(8-17-19)6-14(18-16)12-5-4-11(20-2)7-13(12)15/h4-5,7-9,14,18H,3,6,16H2,1-2H3. The average molecular weight is 278 g/mol. The fourth-order valence-corrected chi connectivity index (χ4v) is 2.10. The molecule has 1 unspecified atom stereocenters. The topological polar surface area (TPSA) is 65.1 Å². The molecule has 0 bridgehead atoms. The van der Waals surface area contributed by atoms with Crippen molar-refractivity contribution in [2.75, 3.05) is 7.11 Å². The summed E-state index contributed by atoms with van der Waals surface area (Å²) in [5.41, 5.74) is 4.17. The second kappa shape index (κ2) is 6.49. The lowest BCUT2D eigenvalue weighted by atomic mass is 10.0. The summed E-state index contributed by atoms with van der Waals surface area (Å²) in [7, 11) is 1.51. The summed E-state index contributed by atoms with van der Waals surface area (Å²) < 4.78 is 20.9. The van der Waals surface area contributed by atoms with Gasteiger partial charge in [0.25, 0.3) is 0 Å². The Kier molecular flexibility index (Phi) is 4.70. The molecule has 6 heteroatoms. The van der Waals surface area contributed by atoms with Crippen LogP contribution in [0.2, 0.25) is 0 Å². The molecule has 1 aromatic heterocycles. The van der Waals surface area contributed by atoms with Crippen LogP contribution < -0.4 is 16.0 Å². The maximum Gasteiger partial charge on any atom is 0.131 e. The third-order valence-corrected chi connectivity index (χ3v) is 3.23. The molecule has 108 valence electrons. The van der Waals surface area contributed by atoms with Gasteiger partial charge in [-0.15, -0.1) is 0 Å². The molecular formula is C14H19FN4O. The van der Waals surface area contributed by atoms with Crippen LogP contribution in [0.3, 0.4) is 0 Å². The number of nitrogens with two attached hydrogens (primary N) is 1. The molecule has 1 heterocycles. The number of methoxy groups -OCH3 is 1. The molecule has 2 rings (SSSR count). The van der Waals surface area contributed by atoms with Gasteiger partial charge in [-0.3, -0.25) is 16.0 Å². The summed E-state index contributed by atoms with van der Waals surface area (Å²) in [5.74, 6) is 5.71. The number of nitrogens with one attached hydrogen (secondary N) is 1. The fraction of sp³-hybridized carbons (Fsp3) is 0.357. The number of aromatic nitrogens is 2. The molecule has 0 aliphatic carbocycles. The Hall–Kier alpha value is -1.92. The minimum atomic E-state index is -0.338. The van der Waals surface area contributed by atoms with Crippen LogP contribution in [-0.4, -0.2) is 16.9 Å². The van der Waals surface area contributed by atoms with E-state index in [2.05, 4.69) is 10.5 Å².